The van der Waals surface area contributed by atoms with E-state index < -0.39 is 75.2 Å². The molecule has 0 heterocycles. The predicted molar refractivity (Wildman–Crippen MR) is 201 cm³/mol. The molecule has 1 aliphatic carbocycles. The van der Waals surface area contributed by atoms with E-state index in [4.69, 9.17) is 9.05 Å². The van der Waals surface area contributed by atoms with Gasteiger partial charge in [0, 0.05) is 0 Å². The van der Waals surface area contributed by atoms with E-state index in [0.29, 0.717) is 12.8 Å². The molecule has 9 N–H and O–H groups in total. The molecule has 1 fully saturated rings. The Labute approximate surface area is 312 Å². The number of amides is 1. The van der Waals surface area contributed by atoms with Crippen LogP contribution >= 0.6 is 7.82 Å². The van der Waals surface area contributed by atoms with Crippen molar-refractivity contribution in [2.75, 3.05) is 6.61 Å². The van der Waals surface area contributed by atoms with E-state index in [1.165, 1.54) is 76.7 Å². The Balaban J connectivity index is 2.53. The Morgan fingerprint density at radius 3 is 1.58 bits per heavy atom. The molecule has 0 spiro atoms. The first-order chi connectivity index (χ1) is 24.8. The molecule has 1 amide bonds. The molecule has 52 heavy (non-hydrogen) atoms. The first-order valence-electron chi connectivity index (χ1n) is 20.2. The third-order valence-electron chi connectivity index (χ3n) is 9.87. The van der Waals surface area contributed by atoms with Gasteiger partial charge in [-0.05, 0) is 19.3 Å². The lowest BCUT2D eigenvalue weighted by molar-refractivity contribution is -0.220. The first-order valence-corrected chi connectivity index (χ1v) is 21.7. The van der Waals surface area contributed by atoms with Gasteiger partial charge in [0.25, 0.3) is 0 Å². The Hall–Kier alpha value is -0.960. The molecule has 0 bridgehead atoms. The minimum absolute atomic E-state index is 0.241. The number of phosphoric acid groups is 1. The fourth-order valence-electron chi connectivity index (χ4n) is 6.47. The number of nitrogens with one attached hydrogen (secondary N) is 1. The van der Waals surface area contributed by atoms with Crippen LogP contribution in [0.5, 0.6) is 0 Å². The van der Waals surface area contributed by atoms with Crippen molar-refractivity contribution in [3.63, 3.8) is 0 Å². The Morgan fingerprint density at radius 1 is 0.673 bits per heavy atom. The first kappa shape index (κ1) is 49.1. The second-order valence-corrected chi connectivity index (χ2v) is 16.1. The number of carbonyl (C=O) groups excluding carboxylic acids is 1. The maximum atomic E-state index is 12.9. The van der Waals surface area contributed by atoms with Crippen molar-refractivity contribution in [2.24, 2.45) is 0 Å². The van der Waals surface area contributed by atoms with Gasteiger partial charge < -0.3 is 46.0 Å². The van der Waals surface area contributed by atoms with Crippen molar-refractivity contribution >= 4 is 13.7 Å². The van der Waals surface area contributed by atoms with Gasteiger partial charge in [-0.25, -0.2) is 4.57 Å². The zero-order chi connectivity index (χ0) is 38.8. The summed E-state index contributed by atoms with van der Waals surface area (Å²) in [6, 6.07) is -1.23. The number of hydrogen-bond donors (Lipinski definition) is 9. The topological polar surface area (TPSA) is 226 Å². The molecule has 14 heteroatoms. The Bertz CT molecular complexity index is 958. The van der Waals surface area contributed by atoms with Crippen molar-refractivity contribution in [1.29, 1.82) is 0 Å². The SMILES string of the molecule is CCCCCCC/C=C/C(O)C(COP(=O)(O)OC1C(O)C(O)C(O)C(O)C1O)NC(=O)CC(O)CCCCCCCCCCCCCCCCC. The second kappa shape index (κ2) is 29.3. The fourth-order valence-corrected chi connectivity index (χ4v) is 7.44. The minimum atomic E-state index is -5.12. The average molecular weight is 768 g/mol. The highest BCUT2D eigenvalue weighted by Crippen LogP contribution is 2.47. The van der Waals surface area contributed by atoms with Crippen LogP contribution in [0.2, 0.25) is 0 Å². The zero-order valence-electron chi connectivity index (χ0n) is 32.0. The van der Waals surface area contributed by atoms with E-state index >= 15 is 0 Å². The van der Waals surface area contributed by atoms with Crippen molar-refractivity contribution in [1.82, 2.24) is 5.32 Å². The molecule has 1 saturated carbocycles. The number of allylic oxidation sites excluding steroid dienone is 1. The molecule has 8 unspecified atom stereocenters. The van der Waals surface area contributed by atoms with Gasteiger partial charge in [0.15, 0.2) is 0 Å². The van der Waals surface area contributed by atoms with E-state index in [-0.39, 0.29) is 6.42 Å². The highest BCUT2D eigenvalue weighted by atomic mass is 31.2. The molecular weight excluding hydrogens is 693 g/mol. The number of hydrogen-bond acceptors (Lipinski definition) is 11. The molecule has 0 aromatic rings. The molecule has 13 nitrogen and oxygen atoms in total. The number of aliphatic hydroxyl groups is 7. The van der Waals surface area contributed by atoms with Crippen molar-refractivity contribution in [3.8, 4) is 0 Å². The monoisotopic (exact) mass is 767 g/mol. The molecule has 0 aromatic heterocycles. The third kappa shape index (κ3) is 21.8. The summed E-state index contributed by atoms with van der Waals surface area (Å²) in [6.07, 6.45) is 13.6. The summed E-state index contributed by atoms with van der Waals surface area (Å²) in [4.78, 5) is 23.2. The van der Waals surface area contributed by atoms with Gasteiger partial charge in [-0.2, -0.15) is 0 Å². The number of aliphatic hydroxyl groups excluding tert-OH is 7. The van der Waals surface area contributed by atoms with Crippen molar-refractivity contribution < 1.29 is 59.0 Å². The number of rotatable bonds is 32. The maximum absolute atomic E-state index is 12.9. The van der Waals surface area contributed by atoms with Gasteiger partial charge in [-0.1, -0.05) is 148 Å². The van der Waals surface area contributed by atoms with Crippen LogP contribution in [0.15, 0.2) is 12.2 Å². The summed E-state index contributed by atoms with van der Waals surface area (Å²) >= 11 is 0. The molecule has 0 saturated heterocycles. The number of unbranched alkanes of at least 4 members (excludes halogenated alkanes) is 19. The molecule has 0 aliphatic heterocycles. The summed E-state index contributed by atoms with van der Waals surface area (Å²) in [5.41, 5.74) is 0. The Morgan fingerprint density at radius 2 is 1.10 bits per heavy atom. The smallest absolute Gasteiger partial charge is 0.393 e. The fraction of sp³-hybridized carbons (Fsp3) is 0.921. The van der Waals surface area contributed by atoms with Crippen LogP contribution in [0.25, 0.3) is 0 Å². The summed E-state index contributed by atoms with van der Waals surface area (Å²) in [7, 11) is -5.12. The van der Waals surface area contributed by atoms with E-state index in [0.717, 1.165) is 57.8 Å². The predicted octanol–water partition coefficient (Wildman–Crippen LogP) is 5.08. The van der Waals surface area contributed by atoms with E-state index in [9.17, 15) is 50.0 Å². The van der Waals surface area contributed by atoms with Crippen LogP contribution in [0.3, 0.4) is 0 Å². The van der Waals surface area contributed by atoms with Crippen LogP contribution in [0.4, 0.5) is 0 Å². The van der Waals surface area contributed by atoms with Crippen LogP contribution < -0.4 is 5.32 Å². The molecule has 0 radical (unpaired) electrons. The summed E-state index contributed by atoms with van der Waals surface area (Å²) in [5.74, 6) is -0.596. The lowest BCUT2D eigenvalue weighted by atomic mass is 9.85. The molecule has 0 aromatic carbocycles. The normalized spacial score (nSPS) is 25.2. The van der Waals surface area contributed by atoms with Gasteiger partial charge >= 0.3 is 7.82 Å². The van der Waals surface area contributed by atoms with Gasteiger partial charge in [-0.15, -0.1) is 0 Å². The molecule has 1 rings (SSSR count). The summed E-state index contributed by atoms with van der Waals surface area (Å²) in [5, 5.41) is 73.9. The van der Waals surface area contributed by atoms with Crippen LogP contribution in [0, 0.1) is 0 Å². The van der Waals surface area contributed by atoms with E-state index in [1.54, 1.807) is 6.08 Å². The lowest BCUT2D eigenvalue weighted by Gasteiger charge is -2.41. The van der Waals surface area contributed by atoms with Crippen LogP contribution in [-0.4, -0.2) is 108 Å². The highest BCUT2D eigenvalue weighted by Gasteiger charge is 2.51. The molecule has 308 valence electrons. The molecule has 1 aliphatic rings. The number of phosphoric ester groups is 1. The van der Waals surface area contributed by atoms with E-state index in [1.807, 2.05) is 0 Å². The maximum Gasteiger partial charge on any atom is 0.472 e. The van der Waals surface area contributed by atoms with Crippen molar-refractivity contribution in [3.05, 3.63) is 12.2 Å². The van der Waals surface area contributed by atoms with Gasteiger partial charge in [-0.3, -0.25) is 13.8 Å². The summed E-state index contributed by atoms with van der Waals surface area (Å²) < 4.78 is 22.7. The lowest BCUT2D eigenvalue weighted by Crippen LogP contribution is -2.64. The van der Waals surface area contributed by atoms with Crippen LogP contribution in [0.1, 0.15) is 162 Å². The van der Waals surface area contributed by atoms with Gasteiger partial charge in [0.05, 0.1) is 31.3 Å². The number of carbonyl (C=O) groups is 1. The highest BCUT2D eigenvalue weighted by molar-refractivity contribution is 7.47. The van der Waals surface area contributed by atoms with Crippen molar-refractivity contribution in [2.45, 2.75) is 216 Å². The minimum Gasteiger partial charge on any atom is -0.393 e. The second-order valence-electron chi connectivity index (χ2n) is 14.7. The van der Waals surface area contributed by atoms with Crippen LogP contribution in [-0.2, 0) is 18.4 Å². The van der Waals surface area contributed by atoms with E-state index in [2.05, 4.69) is 19.2 Å². The molecular formula is C38H74NO12P. The van der Waals surface area contributed by atoms with Gasteiger partial charge in [0.1, 0.15) is 36.6 Å². The largest absolute Gasteiger partial charge is 0.472 e. The third-order valence-corrected chi connectivity index (χ3v) is 10.9. The Kier molecular flexibility index (Phi) is 27.7. The standard InChI is InChI=1S/C38H74NO12P/c1-3-5-7-9-11-12-13-14-15-16-17-18-20-21-23-25-29(40)27-32(42)39-30(31(41)26-24-22-19-10-8-6-4-2)28-50-52(48,49)51-38-36(46)34(44)33(43)35(45)37(38)47/h24,26,29-31,33-38,40-41,43-47H,3-23,25,27-28H2,1-2H3,(H,39,42)(H,48,49)/b26-24+. The molecule has 8 atom stereocenters. The summed E-state index contributed by atoms with van der Waals surface area (Å²) in [6.45, 7) is 3.63. The quantitative estimate of drug-likeness (QED) is 0.0248. The zero-order valence-corrected chi connectivity index (χ0v) is 32.9. The van der Waals surface area contributed by atoms with Gasteiger partial charge in [0.2, 0.25) is 5.91 Å². The average Bonchev–Trinajstić information content (AvgIpc) is 3.11.